The van der Waals surface area contributed by atoms with Gasteiger partial charge in [0.1, 0.15) is 17.3 Å². The maximum Gasteiger partial charge on any atom is 0.227 e. The number of halogens is 3. The Balaban J connectivity index is 1.60. The molecular formula is C17H12ClF2N3O2. The molecule has 3 aromatic rings. The van der Waals surface area contributed by atoms with Gasteiger partial charge in [0.15, 0.2) is 0 Å². The predicted molar refractivity (Wildman–Crippen MR) is 88.1 cm³/mol. The van der Waals surface area contributed by atoms with E-state index in [1.54, 1.807) is 24.3 Å². The van der Waals surface area contributed by atoms with E-state index in [1.165, 1.54) is 6.07 Å². The Labute approximate surface area is 146 Å². The number of carbonyl (C=O) groups is 1. The number of para-hydroxylation sites is 1. The second-order valence-electron chi connectivity index (χ2n) is 5.16. The van der Waals surface area contributed by atoms with Crippen molar-refractivity contribution in [2.24, 2.45) is 0 Å². The van der Waals surface area contributed by atoms with Crippen molar-refractivity contribution in [2.75, 3.05) is 5.32 Å². The van der Waals surface area contributed by atoms with Gasteiger partial charge in [-0.05, 0) is 36.4 Å². The summed E-state index contributed by atoms with van der Waals surface area (Å²) in [6.45, 7) is 0. The molecule has 0 saturated carbocycles. The second-order valence-corrected chi connectivity index (χ2v) is 5.60. The first-order valence-corrected chi connectivity index (χ1v) is 7.73. The van der Waals surface area contributed by atoms with Crippen LogP contribution in [0.3, 0.4) is 0 Å². The highest BCUT2D eigenvalue weighted by Gasteiger charge is 2.14. The number of aromatic nitrogens is 2. The van der Waals surface area contributed by atoms with Gasteiger partial charge in [-0.3, -0.25) is 4.79 Å². The van der Waals surface area contributed by atoms with Crippen LogP contribution in [0.4, 0.5) is 14.5 Å². The summed E-state index contributed by atoms with van der Waals surface area (Å²) in [6.07, 6.45) is 0.0819. The molecule has 25 heavy (non-hydrogen) atoms. The molecule has 0 bridgehead atoms. The zero-order valence-electron chi connectivity index (χ0n) is 12.8. The van der Waals surface area contributed by atoms with Gasteiger partial charge in [-0.15, -0.1) is 0 Å². The molecule has 128 valence electrons. The minimum absolute atomic E-state index is 0.0595. The Bertz CT molecular complexity index is 877. The lowest BCUT2D eigenvalue weighted by molar-refractivity contribution is -0.116. The van der Waals surface area contributed by atoms with E-state index in [0.717, 1.165) is 17.7 Å². The number of aryl methyl sites for hydroxylation is 1. The van der Waals surface area contributed by atoms with Crippen molar-refractivity contribution in [3.05, 3.63) is 65.0 Å². The van der Waals surface area contributed by atoms with Gasteiger partial charge in [0.2, 0.25) is 17.6 Å². The van der Waals surface area contributed by atoms with Crippen molar-refractivity contribution in [1.82, 2.24) is 10.1 Å². The van der Waals surface area contributed by atoms with Crippen molar-refractivity contribution in [2.45, 2.75) is 12.8 Å². The van der Waals surface area contributed by atoms with E-state index in [1.807, 2.05) is 0 Å². The van der Waals surface area contributed by atoms with Crippen LogP contribution in [0, 0.1) is 11.6 Å². The number of nitrogens with one attached hydrogen (secondary N) is 1. The Kier molecular flexibility index (Phi) is 5.04. The molecule has 0 spiro atoms. The summed E-state index contributed by atoms with van der Waals surface area (Å²) in [7, 11) is 0. The number of hydrogen-bond donors (Lipinski definition) is 1. The molecule has 0 aliphatic rings. The third kappa shape index (κ3) is 4.19. The van der Waals surface area contributed by atoms with Crippen LogP contribution < -0.4 is 5.32 Å². The van der Waals surface area contributed by atoms with Crippen molar-refractivity contribution in [3.8, 4) is 11.4 Å². The maximum atomic E-state index is 13.5. The Morgan fingerprint density at radius 3 is 2.48 bits per heavy atom. The highest BCUT2D eigenvalue weighted by Crippen LogP contribution is 2.20. The van der Waals surface area contributed by atoms with Crippen LogP contribution in [0.2, 0.25) is 5.02 Å². The highest BCUT2D eigenvalue weighted by molar-refractivity contribution is 6.30. The lowest BCUT2D eigenvalue weighted by Gasteiger charge is -2.06. The molecule has 2 aromatic carbocycles. The normalized spacial score (nSPS) is 10.7. The quantitative estimate of drug-likeness (QED) is 0.736. The summed E-state index contributed by atoms with van der Waals surface area (Å²) < 4.78 is 32.1. The van der Waals surface area contributed by atoms with Crippen LogP contribution >= 0.6 is 11.6 Å². The number of amides is 1. The molecule has 1 amide bonds. The first kappa shape index (κ1) is 17.0. The molecule has 0 saturated heterocycles. The van der Waals surface area contributed by atoms with E-state index >= 15 is 0 Å². The van der Waals surface area contributed by atoms with E-state index in [0.29, 0.717) is 10.8 Å². The van der Waals surface area contributed by atoms with Crippen LogP contribution in [0.25, 0.3) is 11.4 Å². The van der Waals surface area contributed by atoms with Gasteiger partial charge in [0.25, 0.3) is 0 Å². The fourth-order valence-corrected chi connectivity index (χ4v) is 2.24. The molecule has 0 atom stereocenters. The van der Waals surface area contributed by atoms with Crippen LogP contribution in [-0.2, 0) is 11.2 Å². The molecular weight excluding hydrogens is 352 g/mol. The smallest absolute Gasteiger partial charge is 0.227 e. The van der Waals surface area contributed by atoms with Gasteiger partial charge < -0.3 is 9.84 Å². The Morgan fingerprint density at radius 1 is 1.12 bits per heavy atom. The van der Waals surface area contributed by atoms with E-state index in [9.17, 15) is 13.6 Å². The second kappa shape index (κ2) is 7.40. The summed E-state index contributed by atoms with van der Waals surface area (Å²) in [6, 6.07) is 10.2. The molecule has 0 fully saturated rings. The minimum atomic E-state index is -0.837. The van der Waals surface area contributed by atoms with E-state index in [4.69, 9.17) is 16.1 Å². The number of hydrogen-bond acceptors (Lipinski definition) is 4. The van der Waals surface area contributed by atoms with Gasteiger partial charge in [-0.1, -0.05) is 22.8 Å². The number of rotatable bonds is 5. The van der Waals surface area contributed by atoms with E-state index < -0.39 is 23.2 Å². The van der Waals surface area contributed by atoms with E-state index in [-0.39, 0.29) is 18.7 Å². The summed E-state index contributed by atoms with van der Waals surface area (Å²) in [5, 5.41) is 6.61. The lowest BCUT2D eigenvalue weighted by Crippen LogP contribution is -2.14. The third-order valence-electron chi connectivity index (χ3n) is 3.36. The van der Waals surface area contributed by atoms with Gasteiger partial charge in [0, 0.05) is 23.4 Å². The largest absolute Gasteiger partial charge is 0.339 e. The Morgan fingerprint density at radius 2 is 1.80 bits per heavy atom. The Hall–Kier alpha value is -2.80. The topological polar surface area (TPSA) is 68.0 Å². The molecule has 0 unspecified atom stereocenters. The summed E-state index contributed by atoms with van der Waals surface area (Å²) >= 11 is 5.82. The monoisotopic (exact) mass is 363 g/mol. The first-order valence-electron chi connectivity index (χ1n) is 7.35. The van der Waals surface area contributed by atoms with Crippen molar-refractivity contribution < 1.29 is 18.1 Å². The zero-order chi connectivity index (χ0) is 17.8. The summed E-state index contributed by atoms with van der Waals surface area (Å²) in [5.74, 6) is -1.62. The van der Waals surface area contributed by atoms with Crippen LogP contribution in [0.15, 0.2) is 47.0 Å². The number of nitrogens with zero attached hydrogens (tertiary/aromatic N) is 2. The SMILES string of the molecule is O=C(CCc1nc(-c2ccc(Cl)cc2)no1)Nc1c(F)cccc1F. The zero-order valence-corrected chi connectivity index (χ0v) is 13.6. The molecule has 1 aromatic heterocycles. The molecule has 3 rings (SSSR count). The number of anilines is 1. The van der Waals surface area contributed by atoms with Gasteiger partial charge in [-0.2, -0.15) is 4.98 Å². The number of benzene rings is 2. The first-order chi connectivity index (χ1) is 12.0. The van der Waals surface area contributed by atoms with Crippen molar-refractivity contribution in [3.63, 3.8) is 0 Å². The van der Waals surface area contributed by atoms with Gasteiger partial charge >= 0.3 is 0 Å². The molecule has 0 aliphatic heterocycles. The van der Waals surface area contributed by atoms with Crippen LogP contribution in [0.5, 0.6) is 0 Å². The molecule has 1 heterocycles. The molecule has 0 radical (unpaired) electrons. The summed E-state index contributed by atoms with van der Waals surface area (Å²) in [4.78, 5) is 16.0. The van der Waals surface area contributed by atoms with Crippen molar-refractivity contribution >= 4 is 23.2 Å². The molecule has 1 N–H and O–H groups in total. The minimum Gasteiger partial charge on any atom is -0.339 e. The maximum absolute atomic E-state index is 13.5. The standard InChI is InChI=1S/C17H12ClF2N3O2/c18-11-6-4-10(5-7-11)17-22-15(25-23-17)9-8-14(24)21-16-12(19)2-1-3-13(16)20/h1-7H,8-9H2,(H,21,24). The van der Waals surface area contributed by atoms with Gasteiger partial charge in [-0.25, -0.2) is 8.78 Å². The van der Waals surface area contributed by atoms with Gasteiger partial charge in [0.05, 0.1) is 0 Å². The fourth-order valence-electron chi connectivity index (χ4n) is 2.11. The lowest BCUT2D eigenvalue weighted by atomic mass is 10.2. The average Bonchev–Trinajstić information content (AvgIpc) is 3.06. The predicted octanol–water partition coefficient (Wildman–Crippen LogP) is 4.24. The van der Waals surface area contributed by atoms with E-state index in [2.05, 4.69) is 15.5 Å². The fraction of sp³-hybridized carbons (Fsp3) is 0.118. The van der Waals surface area contributed by atoms with Crippen LogP contribution in [-0.4, -0.2) is 16.0 Å². The summed E-state index contributed by atoms with van der Waals surface area (Å²) in [5.41, 5.74) is 0.247. The average molecular weight is 364 g/mol. The molecule has 8 heteroatoms. The third-order valence-corrected chi connectivity index (χ3v) is 3.62. The molecule has 0 aliphatic carbocycles. The number of carbonyl (C=O) groups excluding carboxylic acids is 1. The molecule has 5 nitrogen and oxygen atoms in total. The van der Waals surface area contributed by atoms with Crippen molar-refractivity contribution in [1.29, 1.82) is 0 Å². The van der Waals surface area contributed by atoms with Crippen LogP contribution in [0.1, 0.15) is 12.3 Å². The highest BCUT2D eigenvalue weighted by atomic mass is 35.5.